The number of aryl methyl sites for hydroxylation is 3. The summed E-state index contributed by atoms with van der Waals surface area (Å²) in [5, 5.41) is 17.4. The van der Waals surface area contributed by atoms with Crippen LogP contribution in [-0.2, 0) is 0 Å². The molecule has 0 radical (unpaired) electrons. The molecule has 0 saturated carbocycles. The van der Waals surface area contributed by atoms with Gasteiger partial charge in [0.2, 0.25) is 5.95 Å². The molecule has 32 heavy (non-hydrogen) atoms. The maximum Gasteiger partial charge on any atom is 0.254 e. The topological polar surface area (TPSA) is 116 Å². The van der Waals surface area contributed by atoms with E-state index in [0.29, 0.717) is 17.3 Å². The molecule has 9 heteroatoms. The fraction of sp³-hybridized carbons (Fsp3) is 0.217. The van der Waals surface area contributed by atoms with Crippen LogP contribution in [-0.4, -0.2) is 37.5 Å². The minimum absolute atomic E-state index is 0. The van der Waals surface area contributed by atoms with E-state index in [2.05, 4.69) is 30.6 Å². The summed E-state index contributed by atoms with van der Waals surface area (Å²) in [6, 6.07) is 11.6. The molecule has 4 rings (SSSR count). The highest BCUT2D eigenvalue weighted by Gasteiger charge is 2.18. The Labute approximate surface area is 191 Å². The number of rotatable bonds is 6. The number of para-hydroxylation sites is 1. The normalized spacial score (nSPS) is 11.6. The highest BCUT2D eigenvalue weighted by atomic mass is 35.5. The van der Waals surface area contributed by atoms with Gasteiger partial charge in [0.25, 0.3) is 5.91 Å². The summed E-state index contributed by atoms with van der Waals surface area (Å²) in [5.74, 6) is 0.642. The number of hydrogen-bond acceptors (Lipinski definition) is 6. The minimum Gasteiger partial charge on any atom is -0.386 e. The van der Waals surface area contributed by atoms with Crippen molar-refractivity contribution in [2.24, 2.45) is 0 Å². The van der Waals surface area contributed by atoms with Crippen LogP contribution >= 0.6 is 12.4 Å². The first-order valence-corrected chi connectivity index (χ1v) is 9.98. The van der Waals surface area contributed by atoms with Gasteiger partial charge in [-0.1, -0.05) is 18.2 Å². The number of H-pyrrole nitrogens is 1. The van der Waals surface area contributed by atoms with Crippen molar-refractivity contribution in [3.63, 3.8) is 0 Å². The quantitative estimate of drug-likeness (QED) is 0.352. The number of aliphatic hydroxyl groups excluding tert-OH is 1. The zero-order valence-electron chi connectivity index (χ0n) is 18.0. The van der Waals surface area contributed by atoms with Gasteiger partial charge in [-0.25, -0.2) is 15.0 Å². The number of aliphatic hydroxyl groups is 1. The van der Waals surface area contributed by atoms with E-state index in [1.165, 1.54) is 12.4 Å². The lowest BCUT2D eigenvalue weighted by Crippen LogP contribution is -2.28. The van der Waals surface area contributed by atoms with Gasteiger partial charge >= 0.3 is 0 Å². The molecule has 166 valence electrons. The summed E-state index contributed by atoms with van der Waals surface area (Å²) in [7, 11) is 0. The summed E-state index contributed by atoms with van der Waals surface area (Å²) in [5.41, 5.74) is 4.89. The molecule has 1 aromatic carbocycles. The Bertz CT molecular complexity index is 1220. The maximum absolute atomic E-state index is 12.5. The summed E-state index contributed by atoms with van der Waals surface area (Å²) in [4.78, 5) is 28.5. The molecule has 0 aliphatic heterocycles. The molecular formula is C23H25ClN6O2. The van der Waals surface area contributed by atoms with E-state index in [0.717, 1.165) is 33.4 Å². The van der Waals surface area contributed by atoms with E-state index in [1.807, 2.05) is 57.2 Å². The predicted molar refractivity (Wildman–Crippen MR) is 127 cm³/mol. The molecule has 0 aliphatic carbocycles. The van der Waals surface area contributed by atoms with Crippen LogP contribution in [0.3, 0.4) is 0 Å². The molecule has 0 bridgehead atoms. The molecular weight excluding hydrogens is 428 g/mol. The highest BCUT2D eigenvalue weighted by Crippen LogP contribution is 2.27. The Kier molecular flexibility index (Phi) is 7.07. The van der Waals surface area contributed by atoms with E-state index in [9.17, 15) is 9.90 Å². The average Bonchev–Trinajstić information content (AvgIpc) is 3.07. The Balaban J connectivity index is 0.00000289. The minimum atomic E-state index is -0.836. The first kappa shape index (κ1) is 23.2. The molecule has 8 nitrogen and oxygen atoms in total. The molecule has 0 aliphatic rings. The van der Waals surface area contributed by atoms with E-state index < -0.39 is 6.10 Å². The van der Waals surface area contributed by atoms with Crippen LogP contribution in [0.1, 0.15) is 39.0 Å². The molecule has 3 heterocycles. The molecule has 1 amide bonds. The number of nitrogens with zero attached hydrogens (tertiary/aromatic N) is 3. The number of aromatic nitrogens is 4. The molecule has 0 fully saturated rings. The molecule has 4 N–H and O–H groups in total. The van der Waals surface area contributed by atoms with Crippen LogP contribution in [0.4, 0.5) is 11.8 Å². The monoisotopic (exact) mass is 452 g/mol. The van der Waals surface area contributed by atoms with Gasteiger partial charge in [-0.2, -0.15) is 0 Å². The van der Waals surface area contributed by atoms with Gasteiger partial charge < -0.3 is 20.7 Å². The van der Waals surface area contributed by atoms with Gasteiger partial charge in [-0.3, -0.25) is 4.79 Å². The van der Waals surface area contributed by atoms with Crippen LogP contribution in [0.15, 0.2) is 48.8 Å². The Morgan fingerprint density at radius 1 is 1.12 bits per heavy atom. The van der Waals surface area contributed by atoms with Crippen molar-refractivity contribution in [3.8, 4) is 0 Å². The number of anilines is 2. The first-order valence-electron chi connectivity index (χ1n) is 9.98. The summed E-state index contributed by atoms with van der Waals surface area (Å²) >= 11 is 0. The van der Waals surface area contributed by atoms with Crippen LogP contribution in [0.5, 0.6) is 0 Å². The van der Waals surface area contributed by atoms with Gasteiger partial charge in [0.15, 0.2) is 0 Å². The number of nitrogens with one attached hydrogen (secondary N) is 3. The number of carbonyl (C=O) groups excluding carboxylic acids is 1. The van der Waals surface area contributed by atoms with Gasteiger partial charge in [0, 0.05) is 46.8 Å². The number of aromatic amines is 1. The number of amides is 1. The summed E-state index contributed by atoms with van der Waals surface area (Å²) < 4.78 is 0. The lowest BCUT2D eigenvalue weighted by atomic mass is 10.1. The van der Waals surface area contributed by atoms with Crippen molar-refractivity contribution in [2.45, 2.75) is 26.9 Å². The molecule has 3 aromatic heterocycles. The second-order valence-electron chi connectivity index (χ2n) is 7.53. The van der Waals surface area contributed by atoms with Crippen LogP contribution in [0, 0.1) is 20.8 Å². The molecule has 0 saturated heterocycles. The lowest BCUT2D eigenvalue weighted by molar-refractivity contribution is 0.0916. The number of carbonyl (C=O) groups is 1. The Hall–Kier alpha value is -3.49. The van der Waals surface area contributed by atoms with Crippen LogP contribution in [0.2, 0.25) is 0 Å². The largest absolute Gasteiger partial charge is 0.386 e. The van der Waals surface area contributed by atoms with Crippen molar-refractivity contribution < 1.29 is 9.90 Å². The van der Waals surface area contributed by atoms with Crippen molar-refractivity contribution in [1.82, 2.24) is 25.3 Å². The van der Waals surface area contributed by atoms with Crippen molar-refractivity contribution in [2.75, 3.05) is 11.9 Å². The SMILES string of the molecule is Cc1cc(C)nc(Nc2ncc(C(=O)NCC(O)c3c(C)[nH]c4ccccc34)cn2)c1.Cl. The predicted octanol–water partition coefficient (Wildman–Crippen LogP) is 3.91. The molecule has 4 aromatic rings. The number of fused-ring (bicyclic) bond motifs is 1. The molecule has 1 atom stereocenters. The van der Waals surface area contributed by atoms with Crippen LogP contribution in [0.25, 0.3) is 10.9 Å². The van der Waals surface area contributed by atoms with E-state index >= 15 is 0 Å². The number of benzene rings is 1. The van der Waals surface area contributed by atoms with Crippen LogP contribution < -0.4 is 10.6 Å². The van der Waals surface area contributed by atoms with Gasteiger partial charge in [-0.15, -0.1) is 12.4 Å². The Morgan fingerprint density at radius 3 is 2.56 bits per heavy atom. The first-order chi connectivity index (χ1) is 14.9. The number of hydrogen-bond donors (Lipinski definition) is 4. The lowest BCUT2D eigenvalue weighted by Gasteiger charge is -2.13. The smallest absolute Gasteiger partial charge is 0.254 e. The van der Waals surface area contributed by atoms with Gasteiger partial charge in [0.05, 0.1) is 11.7 Å². The third-order valence-electron chi connectivity index (χ3n) is 4.98. The summed E-state index contributed by atoms with van der Waals surface area (Å²) in [6.45, 7) is 5.89. The maximum atomic E-state index is 12.5. The van der Waals surface area contributed by atoms with E-state index in [1.54, 1.807) is 0 Å². The fourth-order valence-electron chi connectivity index (χ4n) is 3.65. The standard InChI is InChI=1S/C23H24N6O2.ClH/c1-13-8-14(2)27-20(9-13)29-23-25-10-16(11-26-23)22(31)24-12-19(30)21-15(3)28-18-7-5-4-6-17(18)21;/h4-11,19,28,30H,12H2,1-3H3,(H,24,31)(H,25,26,27,29);1H. The number of halogens is 1. The third-order valence-corrected chi connectivity index (χ3v) is 4.98. The summed E-state index contributed by atoms with van der Waals surface area (Å²) in [6.07, 6.45) is 2.05. The van der Waals surface area contributed by atoms with Crippen molar-refractivity contribution >= 4 is 41.0 Å². The van der Waals surface area contributed by atoms with E-state index in [4.69, 9.17) is 0 Å². The zero-order valence-corrected chi connectivity index (χ0v) is 18.8. The van der Waals surface area contributed by atoms with Gasteiger partial charge in [-0.05, 0) is 44.5 Å². The zero-order chi connectivity index (χ0) is 22.0. The molecule has 0 spiro atoms. The highest BCUT2D eigenvalue weighted by molar-refractivity contribution is 5.93. The second kappa shape index (κ2) is 9.76. The number of pyridine rings is 1. The third kappa shape index (κ3) is 5.04. The van der Waals surface area contributed by atoms with Gasteiger partial charge in [0.1, 0.15) is 5.82 Å². The fourth-order valence-corrected chi connectivity index (χ4v) is 3.65. The Morgan fingerprint density at radius 2 is 1.84 bits per heavy atom. The van der Waals surface area contributed by atoms with E-state index in [-0.39, 0.29) is 24.9 Å². The average molecular weight is 453 g/mol. The molecule has 1 unspecified atom stereocenters. The second-order valence-corrected chi connectivity index (χ2v) is 7.53. The van der Waals surface area contributed by atoms with Crippen molar-refractivity contribution in [1.29, 1.82) is 0 Å². The van der Waals surface area contributed by atoms with Crippen molar-refractivity contribution in [3.05, 3.63) is 76.9 Å².